The molecule has 0 fully saturated rings. The maximum atomic E-state index is 12.5. The van der Waals surface area contributed by atoms with Gasteiger partial charge in [-0.1, -0.05) is 0 Å². The third-order valence-electron chi connectivity index (χ3n) is 2.03. The third kappa shape index (κ3) is 1.64. The molecule has 0 saturated heterocycles. The predicted octanol–water partition coefficient (Wildman–Crippen LogP) is 3.10. The van der Waals surface area contributed by atoms with Gasteiger partial charge in [0, 0.05) is 22.1 Å². The normalized spacial score (nSPS) is 11.2. The molecule has 0 N–H and O–H groups in total. The fourth-order valence-electron chi connectivity index (χ4n) is 1.33. The van der Waals surface area contributed by atoms with E-state index in [1.165, 1.54) is 6.07 Å². The number of hydrogen-bond donors (Lipinski definition) is 0. The standard InChI is InChI=1S/C8H4BrF2N3O2/c9-6-3-13(8(10)11)7-5(6)1-4(2-12-7)14(15)16/h1-3,8H. The Kier molecular flexibility index (Phi) is 2.58. The van der Waals surface area contributed by atoms with Crippen LogP contribution in [0.15, 0.2) is 22.9 Å². The van der Waals surface area contributed by atoms with E-state index in [9.17, 15) is 18.9 Å². The van der Waals surface area contributed by atoms with Gasteiger partial charge in [-0.25, -0.2) is 4.98 Å². The monoisotopic (exact) mass is 291 g/mol. The number of fused-ring (bicyclic) bond motifs is 1. The van der Waals surface area contributed by atoms with Gasteiger partial charge in [0.05, 0.1) is 4.92 Å². The number of rotatable bonds is 2. The second-order valence-corrected chi connectivity index (χ2v) is 3.84. The molecule has 0 spiro atoms. The second kappa shape index (κ2) is 3.78. The van der Waals surface area contributed by atoms with Crippen molar-refractivity contribution in [2.45, 2.75) is 6.55 Å². The van der Waals surface area contributed by atoms with Crippen molar-refractivity contribution in [2.24, 2.45) is 0 Å². The van der Waals surface area contributed by atoms with Crippen molar-refractivity contribution < 1.29 is 13.7 Å². The van der Waals surface area contributed by atoms with E-state index in [1.807, 2.05) is 0 Å². The lowest BCUT2D eigenvalue weighted by atomic mass is 10.3. The fourth-order valence-corrected chi connectivity index (χ4v) is 1.84. The van der Waals surface area contributed by atoms with Crippen LogP contribution in [-0.4, -0.2) is 14.5 Å². The Morgan fingerprint density at radius 3 is 2.81 bits per heavy atom. The van der Waals surface area contributed by atoms with Crippen molar-refractivity contribution in [3.05, 3.63) is 33.0 Å². The minimum Gasteiger partial charge on any atom is -0.274 e. The number of nitrogens with zero attached hydrogens (tertiary/aromatic N) is 3. The first-order valence-electron chi connectivity index (χ1n) is 4.09. The van der Waals surface area contributed by atoms with E-state index in [-0.39, 0.29) is 16.7 Å². The summed E-state index contributed by atoms with van der Waals surface area (Å²) in [7, 11) is 0. The van der Waals surface area contributed by atoms with Crippen LogP contribution < -0.4 is 0 Å². The van der Waals surface area contributed by atoms with E-state index in [1.54, 1.807) is 0 Å². The number of hydrogen-bond acceptors (Lipinski definition) is 3. The first-order chi connectivity index (χ1) is 7.50. The van der Waals surface area contributed by atoms with Gasteiger partial charge in [-0.2, -0.15) is 8.78 Å². The minimum atomic E-state index is -2.73. The van der Waals surface area contributed by atoms with E-state index >= 15 is 0 Å². The van der Waals surface area contributed by atoms with Crippen LogP contribution in [0.1, 0.15) is 6.55 Å². The molecule has 0 aromatic carbocycles. The van der Waals surface area contributed by atoms with E-state index < -0.39 is 11.5 Å². The molecule has 2 heterocycles. The SMILES string of the molecule is O=[N+]([O-])c1cnc2c(c1)c(Br)cn2C(F)F. The molecule has 5 nitrogen and oxygen atoms in total. The van der Waals surface area contributed by atoms with Crippen molar-refractivity contribution in [3.63, 3.8) is 0 Å². The zero-order valence-electron chi connectivity index (χ0n) is 7.60. The number of halogens is 3. The quantitative estimate of drug-likeness (QED) is 0.631. The van der Waals surface area contributed by atoms with Gasteiger partial charge >= 0.3 is 6.55 Å². The van der Waals surface area contributed by atoms with Gasteiger partial charge in [0.15, 0.2) is 0 Å². The Morgan fingerprint density at radius 1 is 1.56 bits per heavy atom. The van der Waals surface area contributed by atoms with Crippen molar-refractivity contribution >= 4 is 32.7 Å². The summed E-state index contributed by atoms with van der Waals surface area (Å²) in [6, 6.07) is 1.20. The Morgan fingerprint density at radius 2 is 2.25 bits per heavy atom. The predicted molar refractivity (Wildman–Crippen MR) is 55.3 cm³/mol. The summed E-state index contributed by atoms with van der Waals surface area (Å²) in [5.41, 5.74) is -0.229. The van der Waals surface area contributed by atoms with Crippen LogP contribution in [-0.2, 0) is 0 Å². The minimum absolute atomic E-state index is 0.00692. The molecule has 0 unspecified atom stereocenters. The average Bonchev–Trinajstić information content (AvgIpc) is 2.56. The van der Waals surface area contributed by atoms with Gasteiger partial charge in [-0.3, -0.25) is 14.7 Å². The second-order valence-electron chi connectivity index (χ2n) is 2.98. The fraction of sp³-hybridized carbons (Fsp3) is 0.125. The highest BCUT2D eigenvalue weighted by atomic mass is 79.9. The summed E-state index contributed by atoms with van der Waals surface area (Å²) in [6.45, 7) is -2.73. The van der Waals surface area contributed by atoms with E-state index in [0.29, 0.717) is 9.04 Å². The van der Waals surface area contributed by atoms with Crippen molar-refractivity contribution in [1.82, 2.24) is 9.55 Å². The molecule has 0 aliphatic carbocycles. The molecule has 0 aliphatic rings. The molecule has 0 bridgehead atoms. The molecule has 84 valence electrons. The molecule has 0 aliphatic heterocycles. The van der Waals surface area contributed by atoms with E-state index in [4.69, 9.17) is 0 Å². The zero-order chi connectivity index (χ0) is 11.9. The maximum Gasteiger partial charge on any atom is 0.320 e. The highest BCUT2D eigenvalue weighted by molar-refractivity contribution is 9.10. The van der Waals surface area contributed by atoms with Crippen LogP contribution in [0.4, 0.5) is 14.5 Å². The molecule has 16 heavy (non-hydrogen) atoms. The Labute approximate surface area is 96.0 Å². The summed E-state index contributed by atoms with van der Waals surface area (Å²) in [6.07, 6.45) is 2.10. The first-order valence-corrected chi connectivity index (χ1v) is 4.88. The van der Waals surface area contributed by atoms with Gasteiger partial charge in [-0.15, -0.1) is 0 Å². The molecule has 2 aromatic rings. The number of nitro groups is 1. The lowest BCUT2D eigenvalue weighted by Gasteiger charge is -2.00. The zero-order valence-corrected chi connectivity index (χ0v) is 9.19. The van der Waals surface area contributed by atoms with Crippen LogP contribution >= 0.6 is 15.9 Å². The third-order valence-corrected chi connectivity index (χ3v) is 2.66. The van der Waals surface area contributed by atoms with Crippen molar-refractivity contribution in [1.29, 1.82) is 0 Å². The van der Waals surface area contributed by atoms with E-state index in [2.05, 4.69) is 20.9 Å². The van der Waals surface area contributed by atoms with Crippen molar-refractivity contribution in [3.8, 4) is 0 Å². The first kappa shape index (κ1) is 10.9. The Balaban J connectivity index is 2.71. The summed E-state index contributed by atoms with van der Waals surface area (Å²) < 4.78 is 26.1. The summed E-state index contributed by atoms with van der Waals surface area (Å²) in [5.74, 6) is 0. The lowest BCUT2D eigenvalue weighted by Crippen LogP contribution is -1.97. The number of pyridine rings is 1. The van der Waals surface area contributed by atoms with Crippen LogP contribution in [0, 0.1) is 10.1 Å². The van der Waals surface area contributed by atoms with Gasteiger partial charge in [0.25, 0.3) is 5.69 Å². The highest BCUT2D eigenvalue weighted by Crippen LogP contribution is 2.30. The molecule has 2 aromatic heterocycles. The number of alkyl halides is 2. The largest absolute Gasteiger partial charge is 0.320 e. The molecule has 0 amide bonds. The lowest BCUT2D eigenvalue weighted by molar-refractivity contribution is -0.385. The molecule has 8 heteroatoms. The van der Waals surface area contributed by atoms with Gasteiger partial charge < -0.3 is 0 Å². The van der Waals surface area contributed by atoms with Crippen LogP contribution in [0.5, 0.6) is 0 Å². The summed E-state index contributed by atoms with van der Waals surface area (Å²) in [5, 5.41) is 10.8. The highest BCUT2D eigenvalue weighted by Gasteiger charge is 2.17. The molecule has 0 saturated carbocycles. The van der Waals surface area contributed by atoms with E-state index in [0.717, 1.165) is 12.4 Å². The average molecular weight is 292 g/mol. The number of aromatic nitrogens is 2. The summed E-state index contributed by atoms with van der Waals surface area (Å²) in [4.78, 5) is 13.5. The molecule has 0 atom stereocenters. The Hall–Kier alpha value is -1.57. The molecular formula is C8H4BrF2N3O2. The van der Waals surface area contributed by atoms with Gasteiger partial charge in [-0.05, 0) is 15.9 Å². The van der Waals surface area contributed by atoms with Crippen LogP contribution in [0.25, 0.3) is 11.0 Å². The molecule has 0 radical (unpaired) electrons. The molecular weight excluding hydrogens is 288 g/mol. The van der Waals surface area contributed by atoms with Gasteiger partial charge in [0.1, 0.15) is 11.8 Å². The maximum absolute atomic E-state index is 12.5. The van der Waals surface area contributed by atoms with Crippen molar-refractivity contribution in [2.75, 3.05) is 0 Å². The smallest absolute Gasteiger partial charge is 0.274 e. The van der Waals surface area contributed by atoms with Gasteiger partial charge in [0.2, 0.25) is 0 Å². The topological polar surface area (TPSA) is 61.0 Å². The Bertz CT molecular complexity index is 570. The van der Waals surface area contributed by atoms with Crippen LogP contribution in [0.2, 0.25) is 0 Å². The molecule has 2 rings (SSSR count). The van der Waals surface area contributed by atoms with Crippen LogP contribution in [0.3, 0.4) is 0 Å². The summed E-state index contributed by atoms with van der Waals surface area (Å²) >= 11 is 3.05.